The minimum Gasteiger partial charge on any atom is -0.487 e. The van der Waals surface area contributed by atoms with Crippen molar-refractivity contribution in [1.82, 2.24) is 0 Å². The van der Waals surface area contributed by atoms with Gasteiger partial charge in [0.1, 0.15) is 0 Å². The van der Waals surface area contributed by atoms with Gasteiger partial charge in [-0.1, -0.05) is 40.0 Å². The molecule has 1 aromatic carbocycles. The predicted molar refractivity (Wildman–Crippen MR) is 118 cm³/mol. The number of rotatable bonds is 14. The summed E-state index contributed by atoms with van der Waals surface area (Å²) in [6.07, 6.45) is 8.53. The van der Waals surface area contributed by atoms with Crippen LogP contribution in [0.3, 0.4) is 0 Å². The van der Waals surface area contributed by atoms with Crippen LogP contribution in [-0.4, -0.2) is 29.4 Å². The maximum absolute atomic E-state index is 11.0. The molecule has 0 aliphatic carbocycles. The van der Waals surface area contributed by atoms with E-state index < -0.39 is 5.97 Å². The molecule has 0 radical (unpaired) electrons. The molecular weight excluding hydrogens is 368 g/mol. The molecule has 1 N–H and O–H groups in total. The largest absolute Gasteiger partial charge is 0.487 e. The van der Waals surface area contributed by atoms with Gasteiger partial charge in [0, 0.05) is 6.08 Å². The Bertz CT molecular complexity index is 618. The van der Waals surface area contributed by atoms with Crippen LogP contribution in [0.25, 0.3) is 6.08 Å². The van der Waals surface area contributed by atoms with Gasteiger partial charge < -0.3 is 19.3 Å². The number of carboxylic acid groups (broad SMARTS) is 1. The number of benzene rings is 1. The van der Waals surface area contributed by atoms with Gasteiger partial charge in [-0.25, -0.2) is 4.79 Å². The van der Waals surface area contributed by atoms with Crippen LogP contribution in [0.4, 0.5) is 0 Å². The van der Waals surface area contributed by atoms with E-state index in [0.29, 0.717) is 22.8 Å². The molecule has 1 aromatic rings. The lowest BCUT2D eigenvalue weighted by atomic mass is 10.1. The van der Waals surface area contributed by atoms with Crippen LogP contribution < -0.4 is 14.2 Å². The summed E-state index contributed by atoms with van der Waals surface area (Å²) in [4.78, 5) is 11.0. The number of hydrogen-bond donors (Lipinski definition) is 1. The zero-order valence-electron chi connectivity index (χ0n) is 18.9. The molecule has 29 heavy (non-hydrogen) atoms. The average Bonchev–Trinajstić information content (AvgIpc) is 2.63. The van der Waals surface area contributed by atoms with Crippen molar-refractivity contribution in [1.29, 1.82) is 0 Å². The third-order valence-electron chi connectivity index (χ3n) is 4.52. The molecule has 3 unspecified atom stereocenters. The van der Waals surface area contributed by atoms with E-state index in [2.05, 4.69) is 20.8 Å². The molecule has 5 heteroatoms. The van der Waals surface area contributed by atoms with Crippen molar-refractivity contribution in [3.8, 4) is 17.2 Å². The third-order valence-corrected chi connectivity index (χ3v) is 4.52. The topological polar surface area (TPSA) is 65.0 Å². The first-order valence-electron chi connectivity index (χ1n) is 10.9. The van der Waals surface area contributed by atoms with Gasteiger partial charge in [0.05, 0.1) is 18.3 Å². The van der Waals surface area contributed by atoms with Crippen LogP contribution in [0.2, 0.25) is 0 Å². The molecule has 0 aromatic heterocycles. The first-order valence-corrected chi connectivity index (χ1v) is 10.9. The average molecular weight is 407 g/mol. The minimum atomic E-state index is -0.995. The van der Waals surface area contributed by atoms with Gasteiger partial charge >= 0.3 is 5.97 Å². The number of carbonyl (C=O) groups is 1. The number of ether oxygens (including phenoxy) is 3. The molecule has 0 saturated carbocycles. The van der Waals surface area contributed by atoms with E-state index in [1.807, 2.05) is 32.9 Å². The van der Waals surface area contributed by atoms with Crippen molar-refractivity contribution in [2.45, 2.75) is 98.4 Å². The quantitative estimate of drug-likeness (QED) is 0.358. The van der Waals surface area contributed by atoms with Crippen LogP contribution >= 0.6 is 0 Å². The smallest absolute Gasteiger partial charge is 0.328 e. The Hall–Kier alpha value is -2.17. The lowest BCUT2D eigenvalue weighted by Gasteiger charge is -2.24. The number of hydrogen-bond acceptors (Lipinski definition) is 4. The molecule has 0 spiro atoms. The summed E-state index contributed by atoms with van der Waals surface area (Å²) in [7, 11) is 0. The fraction of sp³-hybridized carbons (Fsp3) is 0.625. The summed E-state index contributed by atoms with van der Waals surface area (Å²) in [5, 5.41) is 9.00. The molecule has 0 aliphatic heterocycles. The minimum absolute atomic E-state index is 0.0171. The fourth-order valence-electron chi connectivity index (χ4n) is 3.18. The molecule has 0 saturated heterocycles. The lowest BCUT2D eigenvalue weighted by molar-refractivity contribution is -0.131. The Morgan fingerprint density at radius 2 is 1.28 bits per heavy atom. The van der Waals surface area contributed by atoms with E-state index >= 15 is 0 Å². The van der Waals surface area contributed by atoms with Crippen LogP contribution in [0.15, 0.2) is 18.2 Å². The highest BCUT2D eigenvalue weighted by Gasteiger charge is 2.20. The molecule has 0 aliphatic rings. The fourth-order valence-corrected chi connectivity index (χ4v) is 3.18. The standard InChI is InChI=1S/C24H38O5/c1-7-10-17(4)27-21-15-20(13-14-23(25)26)16-22(28-18(5)11-8-2)24(21)29-19(6)12-9-3/h13-19H,7-12H2,1-6H3,(H,25,26). The van der Waals surface area contributed by atoms with Crippen LogP contribution in [0.1, 0.15) is 85.6 Å². The second kappa shape index (κ2) is 13.1. The van der Waals surface area contributed by atoms with Crippen molar-refractivity contribution < 1.29 is 24.1 Å². The molecule has 0 heterocycles. The lowest BCUT2D eigenvalue weighted by Crippen LogP contribution is -2.18. The van der Waals surface area contributed by atoms with Crippen molar-refractivity contribution >= 4 is 12.0 Å². The highest BCUT2D eigenvalue weighted by atomic mass is 16.6. The van der Waals surface area contributed by atoms with E-state index in [0.717, 1.165) is 44.6 Å². The van der Waals surface area contributed by atoms with E-state index in [-0.39, 0.29) is 18.3 Å². The molecule has 3 atom stereocenters. The summed E-state index contributed by atoms with van der Waals surface area (Å²) in [6, 6.07) is 3.66. The Balaban J connectivity index is 3.41. The normalized spacial score (nSPS) is 14.4. The van der Waals surface area contributed by atoms with Crippen molar-refractivity contribution in [3.63, 3.8) is 0 Å². The van der Waals surface area contributed by atoms with E-state index in [1.54, 1.807) is 6.08 Å². The van der Waals surface area contributed by atoms with Crippen molar-refractivity contribution in [3.05, 3.63) is 23.8 Å². The molecule has 164 valence electrons. The first-order chi connectivity index (χ1) is 13.8. The summed E-state index contributed by atoms with van der Waals surface area (Å²) < 4.78 is 18.7. The number of aliphatic carboxylic acids is 1. The Kier molecular flexibility index (Phi) is 11.3. The molecule has 1 rings (SSSR count). The second-order valence-corrected chi connectivity index (χ2v) is 7.67. The monoisotopic (exact) mass is 406 g/mol. The van der Waals surface area contributed by atoms with Crippen LogP contribution in [0.5, 0.6) is 17.2 Å². The first kappa shape index (κ1) is 24.9. The van der Waals surface area contributed by atoms with Gasteiger partial charge in [-0.3, -0.25) is 0 Å². The summed E-state index contributed by atoms with van der Waals surface area (Å²) in [5.41, 5.74) is 0.709. The van der Waals surface area contributed by atoms with E-state index in [1.165, 1.54) is 0 Å². The maximum Gasteiger partial charge on any atom is 0.328 e. The third kappa shape index (κ3) is 9.25. The Morgan fingerprint density at radius 3 is 1.66 bits per heavy atom. The van der Waals surface area contributed by atoms with E-state index in [9.17, 15) is 4.79 Å². The van der Waals surface area contributed by atoms with Crippen molar-refractivity contribution in [2.75, 3.05) is 0 Å². The molecular formula is C24H38O5. The van der Waals surface area contributed by atoms with Gasteiger partial charge in [0.25, 0.3) is 0 Å². The highest BCUT2D eigenvalue weighted by molar-refractivity contribution is 5.85. The van der Waals surface area contributed by atoms with Crippen LogP contribution in [0, 0.1) is 0 Å². The predicted octanol–water partition coefficient (Wildman–Crippen LogP) is 6.49. The van der Waals surface area contributed by atoms with Crippen molar-refractivity contribution in [2.24, 2.45) is 0 Å². The SMILES string of the molecule is CCCC(C)Oc1cc(C=CC(=O)O)cc(OC(C)CCC)c1OC(C)CCC. The van der Waals surface area contributed by atoms with Gasteiger partial charge in [-0.15, -0.1) is 0 Å². The summed E-state index contributed by atoms with van der Waals surface area (Å²) in [6.45, 7) is 12.5. The van der Waals surface area contributed by atoms with Gasteiger partial charge in [-0.05, 0) is 63.8 Å². The summed E-state index contributed by atoms with van der Waals surface area (Å²) >= 11 is 0. The second-order valence-electron chi connectivity index (χ2n) is 7.67. The Labute approximate surface area is 176 Å². The van der Waals surface area contributed by atoms with E-state index in [4.69, 9.17) is 19.3 Å². The molecule has 0 bridgehead atoms. The highest BCUT2D eigenvalue weighted by Crippen LogP contribution is 2.41. The number of carboxylic acids is 1. The zero-order valence-corrected chi connectivity index (χ0v) is 18.9. The van der Waals surface area contributed by atoms with Gasteiger partial charge in [0.15, 0.2) is 11.5 Å². The Morgan fingerprint density at radius 1 is 0.862 bits per heavy atom. The van der Waals surface area contributed by atoms with Gasteiger partial charge in [0.2, 0.25) is 5.75 Å². The zero-order chi connectivity index (χ0) is 21.8. The van der Waals surface area contributed by atoms with Gasteiger partial charge in [-0.2, -0.15) is 0 Å². The molecule has 0 amide bonds. The molecule has 5 nitrogen and oxygen atoms in total. The van der Waals surface area contributed by atoms with Crippen LogP contribution in [-0.2, 0) is 4.79 Å². The molecule has 0 fully saturated rings. The summed E-state index contributed by atoms with van der Waals surface area (Å²) in [5.74, 6) is 0.801. The maximum atomic E-state index is 11.0.